The number of para-hydroxylation sites is 1. The number of amides is 1. The molecule has 1 aromatic rings. The molecular formula is C18H23NO4. The van der Waals surface area contributed by atoms with E-state index in [9.17, 15) is 9.59 Å². The van der Waals surface area contributed by atoms with E-state index >= 15 is 0 Å². The molecule has 2 atom stereocenters. The van der Waals surface area contributed by atoms with Gasteiger partial charge in [-0.05, 0) is 44.2 Å². The number of piperidine rings is 1. The lowest BCUT2D eigenvalue weighted by atomic mass is 9.97. The van der Waals surface area contributed by atoms with Crippen LogP contribution in [-0.2, 0) is 20.7 Å². The second-order valence-corrected chi connectivity index (χ2v) is 6.36. The van der Waals surface area contributed by atoms with Crippen LogP contribution in [0.15, 0.2) is 24.3 Å². The highest BCUT2D eigenvalue weighted by Gasteiger charge is 2.29. The van der Waals surface area contributed by atoms with E-state index in [-0.39, 0.29) is 30.4 Å². The molecule has 0 spiro atoms. The Bertz CT molecular complexity index is 586. The summed E-state index contributed by atoms with van der Waals surface area (Å²) in [5, 5.41) is 0. The van der Waals surface area contributed by atoms with E-state index < -0.39 is 0 Å². The van der Waals surface area contributed by atoms with Crippen LogP contribution in [0.25, 0.3) is 0 Å². The maximum absolute atomic E-state index is 12.2. The predicted octanol–water partition coefficient (Wildman–Crippen LogP) is 2.18. The molecule has 124 valence electrons. The number of benzene rings is 1. The van der Waals surface area contributed by atoms with E-state index in [1.807, 2.05) is 36.1 Å². The van der Waals surface area contributed by atoms with Gasteiger partial charge in [0.2, 0.25) is 0 Å². The van der Waals surface area contributed by atoms with Gasteiger partial charge < -0.3 is 14.4 Å². The number of fused-ring (bicyclic) bond motifs is 1. The maximum atomic E-state index is 12.2. The van der Waals surface area contributed by atoms with Gasteiger partial charge >= 0.3 is 5.97 Å². The molecule has 0 bridgehead atoms. The first kappa shape index (κ1) is 15.8. The highest BCUT2D eigenvalue weighted by molar-refractivity contribution is 5.82. The van der Waals surface area contributed by atoms with Crippen molar-refractivity contribution in [2.45, 2.75) is 38.6 Å². The monoisotopic (exact) mass is 317 g/mol. The summed E-state index contributed by atoms with van der Waals surface area (Å²) in [4.78, 5) is 26.2. The number of hydrogen-bond acceptors (Lipinski definition) is 4. The summed E-state index contributed by atoms with van der Waals surface area (Å²) in [6.07, 6.45) is 3.80. The minimum atomic E-state index is -0.350. The zero-order chi connectivity index (χ0) is 16.2. The van der Waals surface area contributed by atoms with Crippen molar-refractivity contribution in [1.82, 2.24) is 4.90 Å². The van der Waals surface area contributed by atoms with Gasteiger partial charge in [0.15, 0.2) is 6.61 Å². The first-order valence-electron chi connectivity index (χ1n) is 8.32. The smallest absolute Gasteiger partial charge is 0.313 e. The van der Waals surface area contributed by atoms with Crippen molar-refractivity contribution in [1.29, 1.82) is 0 Å². The number of likely N-dealkylation sites (tertiary alicyclic amines) is 1. The first-order valence-corrected chi connectivity index (χ1v) is 8.32. The Morgan fingerprint density at radius 3 is 2.96 bits per heavy atom. The summed E-state index contributed by atoms with van der Waals surface area (Å²) < 4.78 is 10.9. The molecule has 1 saturated heterocycles. The van der Waals surface area contributed by atoms with Gasteiger partial charge in [0.25, 0.3) is 5.91 Å². The van der Waals surface area contributed by atoms with Crippen LogP contribution in [0, 0.1) is 5.92 Å². The summed E-state index contributed by atoms with van der Waals surface area (Å²) in [5.41, 5.74) is 1.01. The number of carbonyl (C=O) groups excluding carboxylic acids is 2. The zero-order valence-corrected chi connectivity index (χ0v) is 13.5. The number of esters is 1. The minimum absolute atomic E-state index is 0.0947. The quantitative estimate of drug-likeness (QED) is 0.802. The number of carbonyl (C=O) groups is 2. The molecule has 2 heterocycles. The Hall–Kier alpha value is -2.04. The highest BCUT2D eigenvalue weighted by atomic mass is 16.5. The van der Waals surface area contributed by atoms with E-state index in [0.29, 0.717) is 13.0 Å². The van der Waals surface area contributed by atoms with Crippen molar-refractivity contribution < 1.29 is 19.1 Å². The Kier molecular flexibility index (Phi) is 4.84. The van der Waals surface area contributed by atoms with Crippen LogP contribution >= 0.6 is 0 Å². The third kappa shape index (κ3) is 3.66. The largest absolute Gasteiger partial charge is 0.492 e. The van der Waals surface area contributed by atoms with Gasteiger partial charge in [-0.3, -0.25) is 9.59 Å². The molecule has 5 nitrogen and oxygen atoms in total. The third-order valence-corrected chi connectivity index (χ3v) is 4.67. The van der Waals surface area contributed by atoms with E-state index in [0.717, 1.165) is 37.1 Å². The minimum Gasteiger partial charge on any atom is -0.492 e. The number of rotatable bonds is 3. The first-order chi connectivity index (χ1) is 11.1. The summed E-state index contributed by atoms with van der Waals surface area (Å²) >= 11 is 0. The summed E-state index contributed by atoms with van der Waals surface area (Å²) in [7, 11) is 0. The fourth-order valence-electron chi connectivity index (χ4n) is 3.28. The Labute approximate surface area is 136 Å². The summed E-state index contributed by atoms with van der Waals surface area (Å²) in [5.74, 6) is 0.0476. The molecule has 3 rings (SSSR count). The highest BCUT2D eigenvalue weighted by Crippen LogP contribution is 2.27. The average Bonchev–Trinajstić information content (AvgIpc) is 2.59. The van der Waals surface area contributed by atoms with Crippen LogP contribution in [0.1, 0.15) is 31.7 Å². The van der Waals surface area contributed by atoms with Crippen molar-refractivity contribution >= 4 is 11.9 Å². The van der Waals surface area contributed by atoms with Crippen molar-refractivity contribution in [2.75, 3.05) is 19.8 Å². The molecule has 5 heteroatoms. The predicted molar refractivity (Wildman–Crippen MR) is 85.1 cm³/mol. The summed E-state index contributed by atoms with van der Waals surface area (Å²) in [6, 6.07) is 7.93. The third-order valence-electron chi connectivity index (χ3n) is 4.67. The average molecular weight is 317 g/mol. The van der Waals surface area contributed by atoms with E-state index in [1.54, 1.807) is 0 Å². The van der Waals surface area contributed by atoms with Crippen molar-refractivity contribution in [3.63, 3.8) is 0 Å². The molecule has 1 amide bonds. The molecule has 2 unspecified atom stereocenters. The second-order valence-electron chi connectivity index (χ2n) is 6.36. The maximum Gasteiger partial charge on any atom is 0.313 e. The number of nitrogens with zero attached hydrogens (tertiary/aromatic N) is 1. The zero-order valence-electron chi connectivity index (χ0n) is 13.5. The van der Waals surface area contributed by atoms with E-state index in [4.69, 9.17) is 9.47 Å². The Balaban J connectivity index is 1.51. The Morgan fingerprint density at radius 2 is 2.13 bits per heavy atom. The Morgan fingerprint density at radius 1 is 1.30 bits per heavy atom. The fraction of sp³-hybridized carbons (Fsp3) is 0.556. The summed E-state index contributed by atoms with van der Waals surface area (Å²) in [6.45, 7) is 2.95. The second kappa shape index (κ2) is 7.02. The fourth-order valence-corrected chi connectivity index (χ4v) is 3.28. The number of hydrogen-bond donors (Lipinski definition) is 0. The SMILES string of the molecule is CC1CCCCN1C(=O)COC(=O)C1COc2ccccc2C1. The molecule has 2 aliphatic rings. The molecule has 0 aliphatic carbocycles. The van der Waals surface area contributed by atoms with Gasteiger partial charge in [0.1, 0.15) is 12.4 Å². The molecule has 1 fully saturated rings. The molecule has 23 heavy (non-hydrogen) atoms. The lowest BCUT2D eigenvalue weighted by molar-refractivity contribution is -0.157. The van der Waals surface area contributed by atoms with Crippen LogP contribution in [0.5, 0.6) is 5.75 Å². The van der Waals surface area contributed by atoms with Crippen LogP contribution in [-0.4, -0.2) is 42.6 Å². The standard InChI is InChI=1S/C18H23NO4/c1-13-6-4-5-9-19(13)17(20)12-23-18(21)15-10-14-7-2-3-8-16(14)22-11-15/h2-3,7-8,13,15H,4-6,9-12H2,1H3. The van der Waals surface area contributed by atoms with Crippen LogP contribution in [0.4, 0.5) is 0 Å². The van der Waals surface area contributed by atoms with E-state index in [2.05, 4.69) is 0 Å². The van der Waals surface area contributed by atoms with Crippen molar-refractivity contribution in [3.05, 3.63) is 29.8 Å². The van der Waals surface area contributed by atoms with Gasteiger partial charge in [0.05, 0.1) is 5.92 Å². The van der Waals surface area contributed by atoms with Crippen LogP contribution in [0.2, 0.25) is 0 Å². The molecule has 0 aromatic heterocycles. The topological polar surface area (TPSA) is 55.8 Å². The van der Waals surface area contributed by atoms with Gasteiger partial charge in [-0.1, -0.05) is 18.2 Å². The molecule has 2 aliphatic heterocycles. The van der Waals surface area contributed by atoms with Crippen molar-refractivity contribution in [2.24, 2.45) is 5.92 Å². The van der Waals surface area contributed by atoms with Gasteiger partial charge in [-0.15, -0.1) is 0 Å². The molecule has 0 N–H and O–H groups in total. The molecule has 0 saturated carbocycles. The van der Waals surface area contributed by atoms with Crippen molar-refractivity contribution in [3.8, 4) is 5.75 Å². The number of ether oxygens (including phenoxy) is 2. The van der Waals surface area contributed by atoms with Gasteiger partial charge in [-0.2, -0.15) is 0 Å². The molecular weight excluding hydrogens is 294 g/mol. The molecule has 0 radical (unpaired) electrons. The lowest BCUT2D eigenvalue weighted by Gasteiger charge is -2.33. The van der Waals surface area contributed by atoms with E-state index in [1.165, 1.54) is 0 Å². The lowest BCUT2D eigenvalue weighted by Crippen LogP contribution is -2.44. The normalized spacial score (nSPS) is 23.6. The van der Waals surface area contributed by atoms with Gasteiger partial charge in [-0.25, -0.2) is 0 Å². The molecule has 1 aromatic carbocycles. The van der Waals surface area contributed by atoms with Gasteiger partial charge in [0, 0.05) is 12.6 Å². The van der Waals surface area contributed by atoms with Crippen LogP contribution in [0.3, 0.4) is 0 Å². The van der Waals surface area contributed by atoms with Crippen LogP contribution < -0.4 is 4.74 Å².